The third-order valence-electron chi connectivity index (χ3n) is 3.44. The van der Waals surface area contributed by atoms with Crippen molar-refractivity contribution >= 4 is 39.4 Å². The zero-order valence-electron chi connectivity index (χ0n) is 12.9. The molecule has 1 heterocycles. The highest BCUT2D eigenvalue weighted by molar-refractivity contribution is 7.19. The molecule has 0 saturated heterocycles. The maximum absolute atomic E-state index is 5.25. The van der Waals surface area contributed by atoms with Gasteiger partial charge in [-0.05, 0) is 42.0 Å². The van der Waals surface area contributed by atoms with Crippen molar-refractivity contribution < 1.29 is 4.74 Å². The number of nitrogens with zero attached hydrogens (tertiary/aromatic N) is 2. The summed E-state index contributed by atoms with van der Waals surface area (Å²) in [7, 11) is 5.76. The Hall–Kier alpha value is -2.33. The fourth-order valence-electron chi connectivity index (χ4n) is 2.17. The van der Waals surface area contributed by atoms with E-state index < -0.39 is 0 Å². The summed E-state index contributed by atoms with van der Waals surface area (Å²) >= 11 is 1.67. The van der Waals surface area contributed by atoms with Crippen molar-refractivity contribution in [2.75, 3.05) is 26.1 Å². The Balaban J connectivity index is 1.82. The minimum Gasteiger partial charge on any atom is -0.497 e. The van der Waals surface area contributed by atoms with Crippen LogP contribution in [0.2, 0.25) is 0 Å². The highest BCUT2D eigenvalue weighted by Crippen LogP contribution is 2.27. The lowest BCUT2D eigenvalue weighted by atomic mass is 10.2. The third kappa shape index (κ3) is 3.12. The van der Waals surface area contributed by atoms with Crippen LogP contribution in [0, 0.1) is 0 Å². The van der Waals surface area contributed by atoms with Gasteiger partial charge < -0.3 is 9.64 Å². The number of fused-ring (bicyclic) bond motifs is 1. The Labute approximate surface area is 134 Å². The van der Waals surface area contributed by atoms with E-state index in [0.29, 0.717) is 0 Å². The Bertz CT molecular complexity index is 804. The van der Waals surface area contributed by atoms with E-state index in [-0.39, 0.29) is 0 Å². The Morgan fingerprint density at radius 1 is 1.05 bits per heavy atom. The minimum absolute atomic E-state index is 0.867. The van der Waals surface area contributed by atoms with Crippen molar-refractivity contribution in [1.29, 1.82) is 0 Å². The fraction of sp³-hybridized carbons (Fsp3) is 0.167. The van der Waals surface area contributed by atoms with Gasteiger partial charge in [-0.15, -0.1) is 11.3 Å². The van der Waals surface area contributed by atoms with E-state index in [4.69, 9.17) is 4.74 Å². The molecule has 0 amide bonds. The topological polar surface area (TPSA) is 25.4 Å². The zero-order valence-corrected chi connectivity index (χ0v) is 13.7. The molecule has 1 aromatic heterocycles. The first kappa shape index (κ1) is 14.6. The molecule has 0 N–H and O–H groups in total. The highest BCUT2D eigenvalue weighted by atomic mass is 32.1. The first-order chi connectivity index (χ1) is 10.7. The minimum atomic E-state index is 0.867. The van der Waals surface area contributed by atoms with Crippen LogP contribution in [0.15, 0.2) is 42.5 Å². The number of aromatic nitrogens is 1. The predicted molar refractivity (Wildman–Crippen MR) is 95.9 cm³/mol. The molecular formula is C18H18N2OS. The molecule has 0 saturated carbocycles. The maximum Gasteiger partial charge on any atom is 0.120 e. The van der Waals surface area contributed by atoms with Crippen LogP contribution in [0.25, 0.3) is 22.4 Å². The summed E-state index contributed by atoms with van der Waals surface area (Å²) in [5.41, 5.74) is 3.38. The number of rotatable bonds is 4. The molecule has 0 unspecified atom stereocenters. The Morgan fingerprint density at radius 2 is 1.82 bits per heavy atom. The number of hydrogen-bond acceptors (Lipinski definition) is 4. The lowest BCUT2D eigenvalue weighted by Crippen LogP contribution is -2.07. The molecule has 3 rings (SSSR count). The summed E-state index contributed by atoms with van der Waals surface area (Å²) in [6, 6.07) is 14.4. The highest BCUT2D eigenvalue weighted by Gasteiger charge is 2.02. The van der Waals surface area contributed by atoms with Crippen molar-refractivity contribution in [2.24, 2.45) is 0 Å². The number of anilines is 1. The molecule has 3 nitrogen and oxygen atoms in total. The van der Waals surface area contributed by atoms with Crippen molar-refractivity contribution in [3.63, 3.8) is 0 Å². The van der Waals surface area contributed by atoms with Crippen LogP contribution >= 0.6 is 11.3 Å². The molecular weight excluding hydrogens is 292 g/mol. The number of methoxy groups -OCH3 is 1. The normalized spacial score (nSPS) is 11.2. The summed E-state index contributed by atoms with van der Waals surface area (Å²) < 4.78 is 6.39. The van der Waals surface area contributed by atoms with E-state index in [1.807, 2.05) is 32.3 Å². The third-order valence-corrected chi connectivity index (χ3v) is 4.42. The largest absolute Gasteiger partial charge is 0.497 e. The molecule has 0 fully saturated rings. The quantitative estimate of drug-likeness (QED) is 0.707. The SMILES string of the molecule is COc1ccc2nc(C=Cc3ccc(N(C)C)cc3)sc2c1. The summed E-state index contributed by atoms with van der Waals surface area (Å²) in [4.78, 5) is 6.71. The predicted octanol–water partition coefficient (Wildman–Crippen LogP) is 4.54. The van der Waals surface area contributed by atoms with Crippen LogP contribution in [0.4, 0.5) is 5.69 Å². The lowest BCUT2D eigenvalue weighted by Gasteiger charge is -2.11. The van der Waals surface area contributed by atoms with Crippen LogP contribution < -0.4 is 9.64 Å². The van der Waals surface area contributed by atoms with Gasteiger partial charge in [0.1, 0.15) is 10.8 Å². The maximum atomic E-state index is 5.25. The molecule has 3 aromatic rings. The van der Waals surface area contributed by atoms with E-state index in [1.165, 1.54) is 11.3 Å². The van der Waals surface area contributed by atoms with Crippen molar-refractivity contribution in [1.82, 2.24) is 4.98 Å². The van der Waals surface area contributed by atoms with Crippen molar-refractivity contribution in [3.05, 3.63) is 53.0 Å². The van der Waals surface area contributed by atoms with Crippen LogP contribution in [-0.4, -0.2) is 26.2 Å². The monoisotopic (exact) mass is 310 g/mol. The van der Waals surface area contributed by atoms with Crippen LogP contribution in [0.1, 0.15) is 10.6 Å². The molecule has 0 bridgehead atoms. The van der Waals surface area contributed by atoms with Gasteiger partial charge in [0.05, 0.1) is 17.3 Å². The zero-order chi connectivity index (χ0) is 15.5. The molecule has 0 spiro atoms. The summed E-state index contributed by atoms with van der Waals surface area (Å²) in [6.45, 7) is 0. The van der Waals surface area contributed by atoms with Gasteiger partial charge in [-0.1, -0.05) is 18.2 Å². The molecule has 0 aliphatic rings. The standard InChI is InChI=1S/C18H18N2OS/c1-20(2)14-7-4-13(5-8-14)6-11-18-19-16-10-9-15(21-3)12-17(16)22-18/h4-12H,1-3H3. The molecule has 0 atom stereocenters. The second-order valence-electron chi connectivity index (χ2n) is 5.21. The van der Waals surface area contributed by atoms with Crippen molar-refractivity contribution in [2.45, 2.75) is 0 Å². The smallest absolute Gasteiger partial charge is 0.120 e. The van der Waals surface area contributed by atoms with E-state index in [0.717, 1.165) is 21.0 Å². The van der Waals surface area contributed by atoms with E-state index in [1.54, 1.807) is 18.4 Å². The van der Waals surface area contributed by atoms with Gasteiger partial charge in [0.25, 0.3) is 0 Å². The molecule has 0 radical (unpaired) electrons. The van der Waals surface area contributed by atoms with Crippen molar-refractivity contribution in [3.8, 4) is 5.75 Å². The fourth-order valence-corrected chi connectivity index (χ4v) is 3.07. The molecule has 112 valence electrons. The van der Waals surface area contributed by atoms with Gasteiger partial charge in [-0.2, -0.15) is 0 Å². The Kier molecular flexibility index (Phi) is 4.11. The lowest BCUT2D eigenvalue weighted by molar-refractivity contribution is 0.415. The van der Waals surface area contributed by atoms with Crippen LogP contribution in [0.5, 0.6) is 5.75 Å². The molecule has 2 aromatic carbocycles. The second kappa shape index (κ2) is 6.20. The first-order valence-corrected chi connectivity index (χ1v) is 7.87. The second-order valence-corrected chi connectivity index (χ2v) is 6.27. The average Bonchev–Trinajstić information content (AvgIpc) is 2.95. The molecule has 4 heteroatoms. The summed E-state index contributed by atoms with van der Waals surface area (Å²) in [6.07, 6.45) is 4.15. The number of benzene rings is 2. The summed E-state index contributed by atoms with van der Waals surface area (Å²) in [5.74, 6) is 0.867. The van der Waals surface area contributed by atoms with E-state index in [2.05, 4.69) is 46.3 Å². The number of hydrogen-bond donors (Lipinski definition) is 0. The van der Waals surface area contributed by atoms with Gasteiger partial charge in [0.15, 0.2) is 0 Å². The van der Waals surface area contributed by atoms with Gasteiger partial charge in [0.2, 0.25) is 0 Å². The molecule has 0 aliphatic carbocycles. The van der Waals surface area contributed by atoms with Crippen LogP contribution in [-0.2, 0) is 0 Å². The number of ether oxygens (including phenoxy) is 1. The van der Waals surface area contributed by atoms with Gasteiger partial charge >= 0.3 is 0 Å². The molecule has 22 heavy (non-hydrogen) atoms. The average molecular weight is 310 g/mol. The van der Waals surface area contributed by atoms with Gasteiger partial charge in [-0.3, -0.25) is 0 Å². The molecule has 0 aliphatic heterocycles. The van der Waals surface area contributed by atoms with E-state index >= 15 is 0 Å². The Morgan fingerprint density at radius 3 is 2.50 bits per heavy atom. The number of thiazole rings is 1. The van der Waals surface area contributed by atoms with Gasteiger partial charge in [0, 0.05) is 19.8 Å². The van der Waals surface area contributed by atoms with E-state index in [9.17, 15) is 0 Å². The van der Waals surface area contributed by atoms with Crippen LogP contribution in [0.3, 0.4) is 0 Å². The van der Waals surface area contributed by atoms with Gasteiger partial charge in [-0.25, -0.2) is 4.98 Å². The first-order valence-electron chi connectivity index (χ1n) is 7.06. The summed E-state index contributed by atoms with van der Waals surface area (Å²) in [5, 5.41) is 1.000.